The van der Waals surface area contributed by atoms with E-state index in [0.29, 0.717) is 10.3 Å². The molecule has 0 fully saturated rings. The summed E-state index contributed by atoms with van der Waals surface area (Å²) in [6.07, 6.45) is -4.37. The molecule has 0 bridgehead atoms. The van der Waals surface area contributed by atoms with Crippen LogP contribution in [0, 0.1) is 12.7 Å². The van der Waals surface area contributed by atoms with Gasteiger partial charge in [-0.25, -0.2) is 4.39 Å². The number of halogens is 4. The summed E-state index contributed by atoms with van der Waals surface area (Å²) in [4.78, 5) is 12.7. The Morgan fingerprint density at radius 2 is 1.68 bits per heavy atom. The third kappa shape index (κ3) is 4.94. The Morgan fingerprint density at radius 3 is 2.35 bits per heavy atom. The number of rotatable bonds is 5. The second kappa shape index (κ2) is 9.50. The lowest BCUT2D eigenvalue weighted by Crippen LogP contribution is -2.07. The summed E-state index contributed by atoms with van der Waals surface area (Å²) in [6, 6.07) is 18.8. The molecule has 4 aromatic carbocycles. The van der Waals surface area contributed by atoms with Crippen molar-refractivity contribution in [3.05, 3.63) is 95.3 Å². The van der Waals surface area contributed by atoms with E-state index in [1.165, 1.54) is 31.4 Å². The van der Waals surface area contributed by atoms with Crippen molar-refractivity contribution in [3.63, 3.8) is 0 Å². The van der Waals surface area contributed by atoms with E-state index in [1.54, 1.807) is 36.4 Å². The van der Waals surface area contributed by atoms with Gasteiger partial charge in [0.15, 0.2) is 0 Å². The number of ether oxygens (including phenoxy) is 1. The minimum absolute atomic E-state index is 0.0742. The number of benzene rings is 4. The molecule has 0 aliphatic heterocycles. The number of esters is 1. The predicted octanol–water partition coefficient (Wildman–Crippen LogP) is 7.84. The van der Waals surface area contributed by atoms with Crippen molar-refractivity contribution >= 4 is 28.5 Å². The Kier molecular flexibility index (Phi) is 6.66. The van der Waals surface area contributed by atoms with Crippen LogP contribution >= 0.6 is 11.8 Å². The van der Waals surface area contributed by atoms with Gasteiger partial charge in [-0.1, -0.05) is 48.2 Å². The van der Waals surface area contributed by atoms with Gasteiger partial charge in [0, 0.05) is 9.79 Å². The van der Waals surface area contributed by atoms with Crippen molar-refractivity contribution in [2.45, 2.75) is 29.3 Å². The number of carbonyl (C=O) groups excluding carboxylic acids is 1. The van der Waals surface area contributed by atoms with Crippen LogP contribution in [0.1, 0.15) is 16.7 Å². The summed E-state index contributed by atoms with van der Waals surface area (Å²) in [5.74, 6) is -0.768. The molecule has 0 unspecified atom stereocenters. The Balaban J connectivity index is 1.76. The zero-order chi connectivity index (χ0) is 24.5. The molecule has 0 saturated carbocycles. The standard InChI is InChI=1S/C27H20F4O2S/c1-16-19(14-25(32)33-2)13-18-7-10-20(28)15-22(18)26(16)17-8-11-21(12-9-17)34-24-6-4-3-5-23(24)27(29,30)31/h3-13,15H,14H2,1-2H3. The smallest absolute Gasteiger partial charge is 0.417 e. The molecule has 4 rings (SSSR count). The molecule has 4 aromatic rings. The SMILES string of the molecule is COC(=O)Cc1cc2ccc(F)cc2c(-c2ccc(Sc3ccccc3C(F)(F)F)cc2)c1C. The van der Waals surface area contributed by atoms with Gasteiger partial charge in [0.25, 0.3) is 0 Å². The number of hydrogen-bond acceptors (Lipinski definition) is 3. The number of methoxy groups -OCH3 is 1. The topological polar surface area (TPSA) is 26.3 Å². The lowest BCUT2D eigenvalue weighted by atomic mass is 9.89. The zero-order valence-corrected chi connectivity index (χ0v) is 19.2. The van der Waals surface area contributed by atoms with Gasteiger partial charge in [-0.05, 0) is 76.3 Å². The van der Waals surface area contributed by atoms with Crippen LogP contribution in [-0.2, 0) is 22.1 Å². The van der Waals surface area contributed by atoms with E-state index >= 15 is 0 Å². The van der Waals surface area contributed by atoms with E-state index in [1.807, 2.05) is 13.0 Å². The van der Waals surface area contributed by atoms with Gasteiger partial charge in [0.1, 0.15) is 5.82 Å². The summed E-state index contributed by atoms with van der Waals surface area (Å²) in [6.45, 7) is 1.86. The molecule has 0 saturated heterocycles. The minimum atomic E-state index is -4.44. The fraction of sp³-hybridized carbons (Fsp3) is 0.148. The maximum absolute atomic E-state index is 14.1. The zero-order valence-electron chi connectivity index (χ0n) is 18.4. The molecule has 0 aliphatic rings. The Bertz CT molecular complexity index is 1360. The first-order valence-electron chi connectivity index (χ1n) is 10.4. The fourth-order valence-corrected chi connectivity index (χ4v) is 4.89. The van der Waals surface area contributed by atoms with Crippen molar-refractivity contribution in [2.75, 3.05) is 7.11 Å². The number of alkyl halides is 3. The van der Waals surface area contributed by atoms with Crippen LogP contribution in [0.4, 0.5) is 17.6 Å². The van der Waals surface area contributed by atoms with Gasteiger partial charge in [0.2, 0.25) is 0 Å². The number of carbonyl (C=O) groups is 1. The summed E-state index contributed by atoms with van der Waals surface area (Å²) >= 11 is 1.03. The number of hydrogen-bond donors (Lipinski definition) is 0. The highest BCUT2D eigenvalue weighted by Gasteiger charge is 2.33. The summed E-state index contributed by atoms with van der Waals surface area (Å²) in [7, 11) is 1.32. The maximum atomic E-state index is 14.1. The maximum Gasteiger partial charge on any atom is 0.417 e. The van der Waals surface area contributed by atoms with Gasteiger partial charge in [-0.3, -0.25) is 4.79 Å². The Morgan fingerprint density at radius 1 is 0.971 bits per heavy atom. The quantitative estimate of drug-likeness (QED) is 0.213. The van der Waals surface area contributed by atoms with Crippen LogP contribution in [0.2, 0.25) is 0 Å². The monoisotopic (exact) mass is 484 g/mol. The van der Waals surface area contributed by atoms with E-state index in [-0.39, 0.29) is 23.1 Å². The first-order chi connectivity index (χ1) is 16.2. The first kappa shape index (κ1) is 23.8. The van der Waals surface area contributed by atoms with Crippen molar-refractivity contribution in [2.24, 2.45) is 0 Å². The molecule has 0 heterocycles. The molecule has 0 aromatic heterocycles. The third-order valence-electron chi connectivity index (χ3n) is 5.60. The molecule has 0 spiro atoms. The van der Waals surface area contributed by atoms with Crippen LogP contribution in [0.5, 0.6) is 0 Å². The molecule has 174 valence electrons. The van der Waals surface area contributed by atoms with E-state index in [4.69, 9.17) is 4.74 Å². The average Bonchev–Trinajstić information content (AvgIpc) is 2.80. The molecule has 0 atom stereocenters. The van der Waals surface area contributed by atoms with E-state index in [0.717, 1.165) is 45.5 Å². The largest absolute Gasteiger partial charge is 0.469 e. The van der Waals surface area contributed by atoms with Gasteiger partial charge >= 0.3 is 12.1 Å². The molecule has 34 heavy (non-hydrogen) atoms. The Hall–Kier alpha value is -3.32. The highest BCUT2D eigenvalue weighted by atomic mass is 32.2. The lowest BCUT2D eigenvalue weighted by Gasteiger charge is -2.16. The summed E-state index contributed by atoms with van der Waals surface area (Å²) in [5, 5.41) is 1.47. The van der Waals surface area contributed by atoms with E-state index in [9.17, 15) is 22.4 Å². The fourth-order valence-electron chi connectivity index (χ4n) is 3.92. The predicted molar refractivity (Wildman–Crippen MR) is 125 cm³/mol. The summed E-state index contributed by atoms with van der Waals surface area (Å²) in [5.41, 5.74) is 2.43. The molecule has 0 N–H and O–H groups in total. The van der Waals surface area contributed by atoms with Crippen LogP contribution in [0.25, 0.3) is 21.9 Å². The molecule has 0 aliphatic carbocycles. The van der Waals surface area contributed by atoms with Gasteiger partial charge in [0.05, 0.1) is 19.1 Å². The highest BCUT2D eigenvalue weighted by Crippen LogP contribution is 2.41. The normalized spacial score (nSPS) is 11.6. The average molecular weight is 485 g/mol. The molecule has 2 nitrogen and oxygen atoms in total. The first-order valence-corrected chi connectivity index (χ1v) is 11.2. The molecular weight excluding hydrogens is 464 g/mol. The van der Waals surface area contributed by atoms with Gasteiger partial charge in [-0.15, -0.1) is 0 Å². The third-order valence-corrected chi connectivity index (χ3v) is 6.68. The number of fused-ring (bicyclic) bond motifs is 1. The minimum Gasteiger partial charge on any atom is -0.469 e. The van der Waals surface area contributed by atoms with Gasteiger partial charge < -0.3 is 4.74 Å². The van der Waals surface area contributed by atoms with Crippen LogP contribution in [0.3, 0.4) is 0 Å². The van der Waals surface area contributed by atoms with Crippen LogP contribution < -0.4 is 0 Å². The molecule has 0 amide bonds. The van der Waals surface area contributed by atoms with E-state index < -0.39 is 11.7 Å². The molecular formula is C27H20F4O2S. The second-order valence-electron chi connectivity index (χ2n) is 7.77. The summed E-state index contributed by atoms with van der Waals surface area (Å²) < 4.78 is 58.9. The van der Waals surface area contributed by atoms with Crippen molar-refractivity contribution in [3.8, 4) is 11.1 Å². The second-order valence-corrected chi connectivity index (χ2v) is 8.89. The van der Waals surface area contributed by atoms with Crippen LogP contribution in [0.15, 0.2) is 82.6 Å². The highest BCUT2D eigenvalue weighted by molar-refractivity contribution is 7.99. The molecule has 7 heteroatoms. The van der Waals surface area contributed by atoms with Crippen LogP contribution in [-0.4, -0.2) is 13.1 Å². The Labute approximate surface area is 198 Å². The van der Waals surface area contributed by atoms with Crippen molar-refractivity contribution < 1.29 is 27.1 Å². The molecule has 0 radical (unpaired) electrons. The van der Waals surface area contributed by atoms with Gasteiger partial charge in [-0.2, -0.15) is 13.2 Å². The van der Waals surface area contributed by atoms with Crippen molar-refractivity contribution in [1.29, 1.82) is 0 Å². The lowest BCUT2D eigenvalue weighted by molar-refractivity contribution is -0.140. The van der Waals surface area contributed by atoms with E-state index in [2.05, 4.69) is 0 Å². The van der Waals surface area contributed by atoms with Crippen molar-refractivity contribution in [1.82, 2.24) is 0 Å².